The standard InChI is InChI=1S/C21H23N5OS/c1-25-11-13-26(14-12-25)24-19(27)15-28-21-22-18-10-6-5-9-17(18)20(23-21)16-7-3-2-4-8-16/h2-10H,11-15H2,1H3,(H,24,27). The molecule has 0 aliphatic carbocycles. The number of carbonyl (C=O) groups excluding carboxylic acids is 1. The molecule has 7 heteroatoms. The summed E-state index contributed by atoms with van der Waals surface area (Å²) >= 11 is 1.37. The molecule has 1 fully saturated rings. The van der Waals surface area contributed by atoms with Gasteiger partial charge in [0.05, 0.1) is 17.0 Å². The number of nitrogens with zero attached hydrogens (tertiary/aromatic N) is 4. The van der Waals surface area contributed by atoms with Crippen LogP contribution in [0.2, 0.25) is 0 Å². The second-order valence-electron chi connectivity index (χ2n) is 6.85. The molecule has 1 amide bonds. The molecule has 1 aromatic heterocycles. The van der Waals surface area contributed by atoms with Crippen molar-refractivity contribution in [1.82, 2.24) is 25.3 Å². The van der Waals surface area contributed by atoms with E-state index in [1.807, 2.05) is 59.6 Å². The molecule has 1 aliphatic rings. The van der Waals surface area contributed by atoms with Crippen molar-refractivity contribution in [2.75, 3.05) is 39.0 Å². The van der Waals surface area contributed by atoms with Crippen molar-refractivity contribution < 1.29 is 4.79 Å². The van der Waals surface area contributed by atoms with E-state index in [0.29, 0.717) is 10.9 Å². The van der Waals surface area contributed by atoms with Crippen LogP contribution >= 0.6 is 11.8 Å². The second-order valence-corrected chi connectivity index (χ2v) is 7.79. The normalized spacial score (nSPS) is 15.6. The summed E-state index contributed by atoms with van der Waals surface area (Å²) in [7, 11) is 2.09. The summed E-state index contributed by atoms with van der Waals surface area (Å²) in [5.74, 6) is 0.270. The van der Waals surface area contributed by atoms with E-state index in [1.54, 1.807) is 0 Å². The Bertz CT molecular complexity index is 957. The first-order valence-corrected chi connectivity index (χ1v) is 10.4. The molecular weight excluding hydrogens is 370 g/mol. The molecule has 1 saturated heterocycles. The smallest absolute Gasteiger partial charge is 0.244 e. The van der Waals surface area contributed by atoms with Crippen LogP contribution in [-0.2, 0) is 4.79 Å². The highest BCUT2D eigenvalue weighted by atomic mass is 32.2. The molecule has 1 aliphatic heterocycles. The van der Waals surface area contributed by atoms with Crippen LogP contribution in [0.4, 0.5) is 0 Å². The first-order chi connectivity index (χ1) is 13.7. The van der Waals surface area contributed by atoms with Crippen LogP contribution in [0.5, 0.6) is 0 Å². The van der Waals surface area contributed by atoms with Gasteiger partial charge >= 0.3 is 0 Å². The lowest BCUT2D eigenvalue weighted by Crippen LogP contribution is -2.52. The fraction of sp³-hybridized carbons (Fsp3) is 0.286. The lowest BCUT2D eigenvalue weighted by Gasteiger charge is -2.32. The minimum atomic E-state index is -0.0208. The summed E-state index contributed by atoms with van der Waals surface area (Å²) in [6.45, 7) is 3.61. The summed E-state index contributed by atoms with van der Waals surface area (Å²) in [6, 6.07) is 18.1. The van der Waals surface area contributed by atoms with Crippen molar-refractivity contribution in [3.8, 4) is 11.3 Å². The fourth-order valence-electron chi connectivity index (χ4n) is 3.19. The van der Waals surface area contributed by atoms with E-state index in [0.717, 1.165) is 48.3 Å². The van der Waals surface area contributed by atoms with E-state index in [-0.39, 0.29) is 5.91 Å². The van der Waals surface area contributed by atoms with E-state index in [4.69, 9.17) is 4.98 Å². The number of piperazine rings is 1. The van der Waals surface area contributed by atoms with Gasteiger partial charge in [-0.1, -0.05) is 60.3 Å². The Kier molecular flexibility index (Phi) is 5.85. The molecule has 0 unspecified atom stereocenters. The topological polar surface area (TPSA) is 61.4 Å². The van der Waals surface area contributed by atoms with Gasteiger partial charge in [-0.3, -0.25) is 10.2 Å². The minimum Gasteiger partial charge on any atom is -0.304 e. The molecule has 0 saturated carbocycles. The molecular formula is C21H23N5OS. The van der Waals surface area contributed by atoms with Crippen molar-refractivity contribution in [2.45, 2.75) is 5.16 Å². The monoisotopic (exact) mass is 393 g/mol. The predicted molar refractivity (Wildman–Crippen MR) is 113 cm³/mol. The molecule has 0 bridgehead atoms. The Morgan fingerprint density at radius 1 is 1.00 bits per heavy atom. The molecule has 28 heavy (non-hydrogen) atoms. The zero-order chi connectivity index (χ0) is 19.3. The molecule has 144 valence electrons. The van der Waals surface area contributed by atoms with Crippen LogP contribution in [0.1, 0.15) is 0 Å². The number of rotatable bonds is 5. The molecule has 0 spiro atoms. The largest absolute Gasteiger partial charge is 0.304 e. The SMILES string of the molecule is CN1CCN(NC(=O)CSc2nc(-c3ccccc3)c3ccccc3n2)CC1. The zero-order valence-electron chi connectivity index (χ0n) is 15.8. The third kappa shape index (κ3) is 4.49. The van der Waals surface area contributed by atoms with E-state index < -0.39 is 0 Å². The summed E-state index contributed by atoms with van der Waals surface area (Å²) < 4.78 is 0. The maximum Gasteiger partial charge on any atom is 0.244 e. The molecule has 2 heterocycles. The van der Waals surface area contributed by atoms with E-state index >= 15 is 0 Å². The second kappa shape index (κ2) is 8.68. The van der Waals surface area contributed by atoms with Gasteiger partial charge in [0.25, 0.3) is 0 Å². The Labute approximate surface area is 168 Å². The van der Waals surface area contributed by atoms with Crippen LogP contribution in [0.3, 0.4) is 0 Å². The fourth-order valence-corrected chi connectivity index (χ4v) is 3.84. The molecule has 4 rings (SSSR count). The lowest BCUT2D eigenvalue weighted by molar-refractivity contribution is -0.124. The maximum atomic E-state index is 12.3. The minimum absolute atomic E-state index is 0.0208. The molecule has 0 radical (unpaired) electrons. The quantitative estimate of drug-likeness (QED) is 0.531. The zero-order valence-corrected chi connectivity index (χ0v) is 16.7. The maximum absolute atomic E-state index is 12.3. The summed E-state index contributed by atoms with van der Waals surface area (Å²) in [5.41, 5.74) is 5.81. The van der Waals surface area contributed by atoms with Crippen molar-refractivity contribution >= 4 is 28.6 Å². The number of hydrogen-bond acceptors (Lipinski definition) is 6. The number of aromatic nitrogens is 2. The lowest BCUT2D eigenvalue weighted by atomic mass is 10.1. The number of benzene rings is 2. The Morgan fingerprint density at radius 3 is 2.50 bits per heavy atom. The molecule has 3 aromatic rings. The van der Waals surface area contributed by atoms with Gasteiger partial charge in [0.2, 0.25) is 5.91 Å². The predicted octanol–water partition coefficient (Wildman–Crippen LogP) is 2.67. The summed E-state index contributed by atoms with van der Waals surface area (Å²) in [4.78, 5) is 24.0. The van der Waals surface area contributed by atoms with Crippen LogP contribution in [0.15, 0.2) is 59.8 Å². The highest BCUT2D eigenvalue weighted by Crippen LogP contribution is 2.28. The number of carbonyl (C=O) groups is 1. The van der Waals surface area contributed by atoms with Gasteiger partial charge in [-0.25, -0.2) is 15.0 Å². The van der Waals surface area contributed by atoms with Crippen molar-refractivity contribution in [1.29, 1.82) is 0 Å². The van der Waals surface area contributed by atoms with E-state index in [1.165, 1.54) is 11.8 Å². The Morgan fingerprint density at radius 2 is 1.71 bits per heavy atom. The number of likely N-dealkylation sites (N-methyl/N-ethyl adjacent to an activating group) is 1. The van der Waals surface area contributed by atoms with Crippen molar-refractivity contribution in [3.63, 3.8) is 0 Å². The van der Waals surface area contributed by atoms with Crippen LogP contribution < -0.4 is 5.43 Å². The van der Waals surface area contributed by atoms with Crippen molar-refractivity contribution in [2.24, 2.45) is 0 Å². The molecule has 0 atom stereocenters. The van der Waals surface area contributed by atoms with E-state index in [9.17, 15) is 4.79 Å². The number of hydrogen-bond donors (Lipinski definition) is 1. The van der Waals surface area contributed by atoms with Gasteiger partial charge in [0, 0.05) is 37.1 Å². The number of amides is 1. The first kappa shape index (κ1) is 18.9. The highest BCUT2D eigenvalue weighted by molar-refractivity contribution is 7.99. The summed E-state index contributed by atoms with van der Waals surface area (Å²) in [6.07, 6.45) is 0. The number of thioether (sulfide) groups is 1. The molecule has 1 N–H and O–H groups in total. The number of hydrazine groups is 1. The van der Waals surface area contributed by atoms with Crippen LogP contribution in [0.25, 0.3) is 22.2 Å². The van der Waals surface area contributed by atoms with Crippen LogP contribution in [-0.4, -0.2) is 64.8 Å². The summed E-state index contributed by atoms with van der Waals surface area (Å²) in [5, 5.41) is 3.62. The van der Waals surface area contributed by atoms with Gasteiger partial charge in [0.1, 0.15) is 0 Å². The van der Waals surface area contributed by atoms with Gasteiger partial charge in [-0.15, -0.1) is 0 Å². The third-order valence-corrected chi connectivity index (χ3v) is 5.60. The average molecular weight is 394 g/mol. The number of para-hydroxylation sites is 1. The van der Waals surface area contributed by atoms with Gasteiger partial charge in [0.15, 0.2) is 5.16 Å². The number of nitrogens with one attached hydrogen (secondary N) is 1. The van der Waals surface area contributed by atoms with Crippen LogP contribution in [0, 0.1) is 0 Å². The van der Waals surface area contributed by atoms with Gasteiger partial charge in [-0.2, -0.15) is 0 Å². The van der Waals surface area contributed by atoms with Crippen molar-refractivity contribution in [3.05, 3.63) is 54.6 Å². The Balaban J connectivity index is 1.49. The third-order valence-electron chi connectivity index (χ3n) is 4.75. The van der Waals surface area contributed by atoms with Gasteiger partial charge in [-0.05, 0) is 13.1 Å². The highest BCUT2D eigenvalue weighted by Gasteiger charge is 2.16. The van der Waals surface area contributed by atoms with E-state index in [2.05, 4.69) is 22.4 Å². The average Bonchev–Trinajstić information content (AvgIpc) is 2.74. The van der Waals surface area contributed by atoms with Gasteiger partial charge < -0.3 is 4.90 Å². The first-order valence-electron chi connectivity index (χ1n) is 9.37. The molecule has 2 aromatic carbocycles. The number of fused-ring (bicyclic) bond motifs is 1. The molecule has 6 nitrogen and oxygen atoms in total. The Hall–Kier alpha value is -2.48.